The van der Waals surface area contributed by atoms with Gasteiger partial charge in [0.2, 0.25) is 0 Å². The summed E-state index contributed by atoms with van der Waals surface area (Å²) in [5, 5.41) is 0. The van der Waals surface area contributed by atoms with Gasteiger partial charge in [-0.2, -0.15) is 13.2 Å². The largest absolute Gasteiger partial charge is 0.494 e. The molecule has 6 nitrogen and oxygen atoms in total. The van der Waals surface area contributed by atoms with Crippen molar-refractivity contribution in [2.75, 3.05) is 20.3 Å². The summed E-state index contributed by atoms with van der Waals surface area (Å²) < 4.78 is 75.1. The first-order valence-electron chi connectivity index (χ1n) is 15.2. The van der Waals surface area contributed by atoms with Crippen molar-refractivity contribution in [2.45, 2.75) is 77.0 Å². The van der Waals surface area contributed by atoms with Crippen LogP contribution in [-0.4, -0.2) is 44.5 Å². The number of benzene rings is 3. The van der Waals surface area contributed by atoms with Gasteiger partial charge in [-0.25, -0.2) is 14.0 Å². The number of rotatable bonds is 18. The van der Waals surface area contributed by atoms with Gasteiger partial charge in [0.05, 0.1) is 17.7 Å². The molecule has 0 amide bonds. The predicted octanol–water partition coefficient (Wildman–Crippen LogP) is 9.36. The minimum absolute atomic E-state index is 0.101. The van der Waals surface area contributed by atoms with Crippen LogP contribution in [0, 0.1) is 5.82 Å². The molecule has 0 aliphatic carbocycles. The van der Waals surface area contributed by atoms with Crippen LogP contribution >= 0.6 is 0 Å². The van der Waals surface area contributed by atoms with E-state index in [1.165, 1.54) is 32.8 Å². The van der Waals surface area contributed by atoms with Crippen molar-refractivity contribution in [1.82, 2.24) is 0 Å². The fraction of sp³-hybridized carbons (Fsp3) is 0.429. The van der Waals surface area contributed by atoms with Crippen molar-refractivity contribution in [1.29, 1.82) is 0 Å². The third kappa shape index (κ3) is 11.8. The summed E-state index contributed by atoms with van der Waals surface area (Å²) in [5.41, 5.74) is 1.28. The smallest absolute Gasteiger partial charge is 0.425 e. The average Bonchev–Trinajstić information content (AvgIpc) is 3.02. The van der Waals surface area contributed by atoms with E-state index in [0.29, 0.717) is 13.0 Å². The molecule has 10 heteroatoms. The fourth-order valence-corrected chi connectivity index (χ4v) is 4.56. The molecule has 0 aliphatic rings. The Kier molecular flexibility index (Phi) is 14.3. The highest BCUT2D eigenvalue weighted by atomic mass is 19.4. The Bertz CT molecular complexity index is 1340. The molecule has 0 spiro atoms. The van der Waals surface area contributed by atoms with Crippen molar-refractivity contribution in [3.63, 3.8) is 0 Å². The highest BCUT2D eigenvalue weighted by Crippen LogP contribution is 2.29. The molecule has 0 aliphatic heterocycles. The van der Waals surface area contributed by atoms with Crippen molar-refractivity contribution >= 4 is 11.9 Å². The fourth-order valence-electron chi connectivity index (χ4n) is 4.56. The zero-order valence-electron chi connectivity index (χ0n) is 25.7. The molecule has 0 N–H and O–H groups in total. The molecule has 0 radical (unpaired) electrons. The van der Waals surface area contributed by atoms with Gasteiger partial charge in [0.25, 0.3) is 0 Å². The molecule has 3 aromatic carbocycles. The standard InChI is InChI=1S/C35H40F4O6/c1-3-4-5-6-7-9-23-43-28-18-16-26(17-19-28)25-12-14-27(15-13-25)33(40)44-29-20-21-30(31(36)24-29)34(41)45-32(35(37,38)39)11-8-10-22-42-2/h12-21,24,32H,3-11,22-23H2,1-2H3. The Morgan fingerprint density at radius 1 is 0.733 bits per heavy atom. The van der Waals surface area contributed by atoms with Gasteiger partial charge < -0.3 is 18.9 Å². The molecule has 0 saturated heterocycles. The van der Waals surface area contributed by atoms with Gasteiger partial charge in [-0.3, -0.25) is 0 Å². The average molecular weight is 633 g/mol. The van der Waals surface area contributed by atoms with Crippen LogP contribution in [0.5, 0.6) is 11.5 Å². The topological polar surface area (TPSA) is 71.1 Å². The van der Waals surface area contributed by atoms with E-state index in [4.69, 9.17) is 14.2 Å². The second kappa shape index (κ2) is 18.1. The lowest BCUT2D eigenvalue weighted by Crippen LogP contribution is -2.34. The maximum atomic E-state index is 14.7. The van der Waals surface area contributed by atoms with E-state index in [0.717, 1.165) is 47.9 Å². The number of hydrogen-bond donors (Lipinski definition) is 0. The number of unbranched alkanes of at least 4 members (excludes halogenated alkanes) is 6. The summed E-state index contributed by atoms with van der Waals surface area (Å²) >= 11 is 0. The second-order valence-electron chi connectivity index (χ2n) is 10.7. The molecule has 0 aromatic heterocycles. The quantitative estimate of drug-likeness (QED) is 0.0602. The second-order valence-corrected chi connectivity index (χ2v) is 10.7. The number of carbonyl (C=O) groups is 2. The van der Waals surface area contributed by atoms with E-state index in [9.17, 15) is 27.2 Å². The van der Waals surface area contributed by atoms with E-state index in [-0.39, 0.29) is 24.3 Å². The number of ether oxygens (including phenoxy) is 4. The first-order chi connectivity index (χ1) is 21.6. The van der Waals surface area contributed by atoms with E-state index in [2.05, 4.69) is 11.7 Å². The van der Waals surface area contributed by atoms with Gasteiger partial charge in [-0.1, -0.05) is 63.3 Å². The van der Waals surface area contributed by atoms with Crippen molar-refractivity contribution < 1.29 is 46.1 Å². The summed E-state index contributed by atoms with van der Waals surface area (Å²) in [6.07, 6.45) is -0.0624. The van der Waals surface area contributed by atoms with Gasteiger partial charge >= 0.3 is 18.1 Å². The normalized spacial score (nSPS) is 12.0. The van der Waals surface area contributed by atoms with Crippen LogP contribution in [-0.2, 0) is 9.47 Å². The Morgan fingerprint density at radius 3 is 1.96 bits per heavy atom. The van der Waals surface area contributed by atoms with E-state index < -0.39 is 42.0 Å². The Morgan fingerprint density at radius 2 is 1.33 bits per heavy atom. The Balaban J connectivity index is 1.53. The van der Waals surface area contributed by atoms with E-state index in [1.54, 1.807) is 24.3 Å². The monoisotopic (exact) mass is 632 g/mol. The van der Waals surface area contributed by atoms with Gasteiger partial charge in [-0.05, 0) is 73.2 Å². The van der Waals surface area contributed by atoms with Crippen LogP contribution in [0.15, 0.2) is 66.7 Å². The van der Waals surface area contributed by atoms with E-state index >= 15 is 0 Å². The summed E-state index contributed by atoms with van der Waals surface area (Å²) in [4.78, 5) is 25.0. The van der Waals surface area contributed by atoms with Crippen molar-refractivity contribution in [2.24, 2.45) is 0 Å². The van der Waals surface area contributed by atoms with Crippen LogP contribution in [0.2, 0.25) is 0 Å². The van der Waals surface area contributed by atoms with E-state index in [1.807, 2.05) is 24.3 Å². The molecule has 45 heavy (non-hydrogen) atoms. The van der Waals surface area contributed by atoms with Crippen LogP contribution in [0.4, 0.5) is 17.6 Å². The molecule has 0 saturated carbocycles. The first-order valence-corrected chi connectivity index (χ1v) is 15.2. The number of halogens is 4. The molecule has 0 heterocycles. The zero-order valence-corrected chi connectivity index (χ0v) is 25.7. The third-order valence-electron chi connectivity index (χ3n) is 7.13. The number of alkyl halides is 3. The van der Waals surface area contributed by atoms with Gasteiger partial charge in [-0.15, -0.1) is 0 Å². The summed E-state index contributed by atoms with van der Waals surface area (Å²) in [5.74, 6) is -2.85. The molecule has 1 unspecified atom stereocenters. The zero-order chi connectivity index (χ0) is 32.7. The lowest BCUT2D eigenvalue weighted by atomic mass is 10.0. The minimum Gasteiger partial charge on any atom is -0.494 e. The van der Waals surface area contributed by atoms with Gasteiger partial charge in [0.1, 0.15) is 17.3 Å². The molecule has 0 fully saturated rings. The summed E-state index contributed by atoms with van der Waals surface area (Å²) in [6, 6.07) is 17.0. The molecular weight excluding hydrogens is 592 g/mol. The molecule has 3 aromatic rings. The van der Waals surface area contributed by atoms with Crippen molar-refractivity contribution in [3.8, 4) is 22.6 Å². The number of esters is 2. The minimum atomic E-state index is -4.81. The highest BCUT2D eigenvalue weighted by molar-refractivity contribution is 5.92. The maximum absolute atomic E-state index is 14.7. The summed E-state index contributed by atoms with van der Waals surface area (Å²) in [7, 11) is 1.43. The molecule has 0 bridgehead atoms. The van der Waals surface area contributed by atoms with Gasteiger partial charge in [0.15, 0.2) is 6.10 Å². The van der Waals surface area contributed by atoms with Crippen molar-refractivity contribution in [3.05, 3.63) is 83.7 Å². The summed E-state index contributed by atoms with van der Waals surface area (Å²) in [6.45, 7) is 3.14. The SMILES string of the molecule is CCCCCCCCOc1ccc(-c2ccc(C(=O)Oc3ccc(C(=O)OC(CCCCOC)C(F)(F)F)c(F)c3)cc2)cc1. The molecule has 3 rings (SSSR count). The lowest BCUT2D eigenvalue weighted by Gasteiger charge is -2.21. The van der Waals surface area contributed by atoms with Crippen LogP contribution in [0.25, 0.3) is 11.1 Å². The Hall–Kier alpha value is -3.92. The molecular formula is C35H40F4O6. The Labute approximate surface area is 261 Å². The lowest BCUT2D eigenvalue weighted by molar-refractivity contribution is -0.206. The first kappa shape index (κ1) is 35.6. The van der Waals surface area contributed by atoms with Crippen LogP contribution in [0.1, 0.15) is 85.4 Å². The molecule has 1 atom stereocenters. The van der Waals surface area contributed by atoms with Gasteiger partial charge in [0, 0.05) is 19.8 Å². The third-order valence-corrected chi connectivity index (χ3v) is 7.13. The molecule has 244 valence electrons. The maximum Gasteiger partial charge on any atom is 0.425 e. The van der Waals surface area contributed by atoms with Crippen LogP contribution in [0.3, 0.4) is 0 Å². The highest BCUT2D eigenvalue weighted by Gasteiger charge is 2.42. The van der Waals surface area contributed by atoms with Crippen LogP contribution < -0.4 is 9.47 Å². The number of methoxy groups -OCH3 is 1. The number of hydrogen-bond acceptors (Lipinski definition) is 6. The number of carbonyl (C=O) groups excluding carboxylic acids is 2. The predicted molar refractivity (Wildman–Crippen MR) is 163 cm³/mol.